The van der Waals surface area contributed by atoms with Crippen LogP contribution in [0.2, 0.25) is 10.0 Å². The molecule has 0 N–H and O–H groups in total. The lowest BCUT2D eigenvalue weighted by atomic mass is 10.2. The monoisotopic (exact) mass is 424 g/mol. The van der Waals surface area contributed by atoms with Crippen LogP contribution in [0.25, 0.3) is 6.08 Å². The van der Waals surface area contributed by atoms with Crippen LogP contribution in [-0.4, -0.2) is 49.7 Å². The molecule has 1 saturated heterocycles. The van der Waals surface area contributed by atoms with Gasteiger partial charge in [0.05, 0.1) is 4.90 Å². The lowest BCUT2D eigenvalue weighted by molar-refractivity contribution is -0.127. The Balaban J connectivity index is 1.62. The van der Waals surface area contributed by atoms with E-state index in [2.05, 4.69) is 0 Å². The standard InChI is InChI=1S/C19H18Cl2N2O3S/c20-16-6-8-17(9-7-16)27(25,26)23-13-11-22(12-14-23)19(24)10-5-15-3-1-2-4-18(15)21/h1-10H,11-14H2. The van der Waals surface area contributed by atoms with Gasteiger partial charge in [-0.1, -0.05) is 41.4 Å². The zero-order chi connectivity index (χ0) is 19.4. The summed E-state index contributed by atoms with van der Waals surface area (Å²) in [6.07, 6.45) is 3.13. The molecule has 3 rings (SSSR count). The van der Waals surface area contributed by atoms with Gasteiger partial charge in [-0.25, -0.2) is 8.42 Å². The fraction of sp³-hybridized carbons (Fsp3) is 0.211. The van der Waals surface area contributed by atoms with Gasteiger partial charge in [0.25, 0.3) is 0 Å². The number of hydrogen-bond donors (Lipinski definition) is 0. The van der Waals surface area contributed by atoms with Crippen molar-refractivity contribution < 1.29 is 13.2 Å². The summed E-state index contributed by atoms with van der Waals surface area (Å²) in [4.78, 5) is 14.2. The van der Waals surface area contributed by atoms with Crippen LogP contribution in [0, 0.1) is 0 Å². The van der Waals surface area contributed by atoms with E-state index in [4.69, 9.17) is 23.2 Å². The Morgan fingerprint density at radius 3 is 2.19 bits per heavy atom. The molecule has 0 radical (unpaired) electrons. The fourth-order valence-corrected chi connectivity index (χ4v) is 4.53. The lowest BCUT2D eigenvalue weighted by Crippen LogP contribution is -2.50. The number of halogens is 2. The number of sulfonamides is 1. The first kappa shape index (κ1) is 19.9. The van der Waals surface area contributed by atoms with E-state index in [-0.39, 0.29) is 23.9 Å². The smallest absolute Gasteiger partial charge is 0.246 e. The largest absolute Gasteiger partial charge is 0.337 e. The molecule has 0 unspecified atom stereocenters. The van der Waals surface area contributed by atoms with Crippen molar-refractivity contribution in [1.29, 1.82) is 0 Å². The fourth-order valence-electron chi connectivity index (χ4n) is 2.78. The summed E-state index contributed by atoms with van der Waals surface area (Å²) in [5.74, 6) is -0.168. The molecule has 1 aliphatic heterocycles. The number of nitrogens with zero attached hydrogens (tertiary/aromatic N) is 2. The quantitative estimate of drug-likeness (QED) is 0.705. The molecule has 1 amide bonds. The maximum Gasteiger partial charge on any atom is 0.246 e. The molecule has 0 atom stereocenters. The normalized spacial score (nSPS) is 16.0. The molecule has 27 heavy (non-hydrogen) atoms. The molecule has 0 bridgehead atoms. The third-order valence-electron chi connectivity index (χ3n) is 4.31. The predicted molar refractivity (Wildman–Crippen MR) is 107 cm³/mol. The van der Waals surface area contributed by atoms with Crippen molar-refractivity contribution in [2.75, 3.05) is 26.2 Å². The van der Waals surface area contributed by atoms with E-state index >= 15 is 0 Å². The summed E-state index contributed by atoms with van der Waals surface area (Å²) < 4.78 is 26.7. The molecule has 0 spiro atoms. The minimum atomic E-state index is -3.59. The van der Waals surface area contributed by atoms with Gasteiger partial charge in [-0.05, 0) is 42.0 Å². The van der Waals surface area contributed by atoms with Gasteiger partial charge in [-0.15, -0.1) is 0 Å². The van der Waals surface area contributed by atoms with Gasteiger partial charge in [0, 0.05) is 42.3 Å². The second kappa shape index (κ2) is 8.44. The summed E-state index contributed by atoms with van der Waals surface area (Å²) in [6, 6.07) is 13.3. The second-order valence-corrected chi connectivity index (χ2v) is 8.82. The van der Waals surface area contributed by atoms with Crippen LogP contribution in [-0.2, 0) is 14.8 Å². The Labute approximate surface area is 168 Å². The molecule has 1 fully saturated rings. The van der Waals surface area contributed by atoms with Crippen LogP contribution >= 0.6 is 23.2 Å². The van der Waals surface area contributed by atoms with Gasteiger partial charge in [0.15, 0.2) is 0 Å². The topological polar surface area (TPSA) is 57.7 Å². The molecule has 142 valence electrons. The summed E-state index contributed by atoms with van der Waals surface area (Å²) in [5.41, 5.74) is 0.761. The zero-order valence-electron chi connectivity index (χ0n) is 14.4. The highest BCUT2D eigenvalue weighted by Crippen LogP contribution is 2.20. The summed E-state index contributed by atoms with van der Waals surface area (Å²) in [6.45, 7) is 1.16. The highest BCUT2D eigenvalue weighted by molar-refractivity contribution is 7.89. The van der Waals surface area contributed by atoms with Crippen LogP contribution in [0.1, 0.15) is 5.56 Å². The van der Waals surface area contributed by atoms with Crippen LogP contribution in [0.3, 0.4) is 0 Å². The van der Waals surface area contributed by atoms with Gasteiger partial charge < -0.3 is 4.90 Å². The Morgan fingerprint density at radius 2 is 1.56 bits per heavy atom. The average Bonchev–Trinajstić information content (AvgIpc) is 2.67. The molecule has 2 aromatic rings. The SMILES string of the molecule is O=C(C=Cc1ccccc1Cl)N1CCN(S(=O)(=O)c2ccc(Cl)cc2)CC1. The lowest BCUT2D eigenvalue weighted by Gasteiger charge is -2.33. The second-order valence-electron chi connectivity index (χ2n) is 6.04. The molecule has 0 aromatic heterocycles. The Kier molecular flexibility index (Phi) is 6.22. The molecular formula is C19H18Cl2N2O3S. The molecule has 8 heteroatoms. The highest BCUT2D eigenvalue weighted by atomic mass is 35.5. The number of amides is 1. The van der Waals surface area contributed by atoms with E-state index in [0.29, 0.717) is 23.1 Å². The van der Waals surface area contributed by atoms with Crippen molar-refractivity contribution in [3.05, 3.63) is 70.2 Å². The first-order valence-electron chi connectivity index (χ1n) is 8.35. The van der Waals surface area contributed by atoms with Crippen LogP contribution < -0.4 is 0 Å². The van der Waals surface area contributed by atoms with E-state index in [1.54, 1.807) is 29.2 Å². The zero-order valence-corrected chi connectivity index (χ0v) is 16.7. The van der Waals surface area contributed by atoms with Gasteiger partial charge in [0.2, 0.25) is 15.9 Å². The van der Waals surface area contributed by atoms with Gasteiger partial charge in [-0.2, -0.15) is 4.31 Å². The van der Waals surface area contributed by atoms with Gasteiger partial charge >= 0.3 is 0 Å². The first-order valence-corrected chi connectivity index (χ1v) is 10.5. The molecule has 2 aromatic carbocycles. The van der Waals surface area contributed by atoms with E-state index in [0.717, 1.165) is 5.56 Å². The molecule has 5 nitrogen and oxygen atoms in total. The maximum absolute atomic E-state index is 12.7. The van der Waals surface area contributed by atoms with Gasteiger partial charge in [0.1, 0.15) is 0 Å². The van der Waals surface area contributed by atoms with Crippen LogP contribution in [0.5, 0.6) is 0 Å². The number of carbonyl (C=O) groups is 1. The molecule has 1 aliphatic rings. The average molecular weight is 425 g/mol. The predicted octanol–water partition coefficient (Wildman–Crippen LogP) is 3.54. The van der Waals surface area contributed by atoms with E-state index in [9.17, 15) is 13.2 Å². The Bertz CT molecular complexity index is 951. The van der Waals surface area contributed by atoms with Gasteiger partial charge in [-0.3, -0.25) is 4.79 Å². The minimum Gasteiger partial charge on any atom is -0.337 e. The number of benzene rings is 2. The van der Waals surface area contributed by atoms with E-state index in [1.807, 2.05) is 18.2 Å². The van der Waals surface area contributed by atoms with Crippen molar-refractivity contribution in [2.45, 2.75) is 4.90 Å². The number of rotatable bonds is 4. The van der Waals surface area contributed by atoms with E-state index in [1.165, 1.54) is 22.5 Å². The minimum absolute atomic E-state index is 0.168. The summed E-state index contributed by atoms with van der Waals surface area (Å²) >= 11 is 11.9. The third-order valence-corrected chi connectivity index (χ3v) is 6.82. The highest BCUT2D eigenvalue weighted by Gasteiger charge is 2.29. The number of carbonyl (C=O) groups excluding carboxylic acids is 1. The first-order chi connectivity index (χ1) is 12.9. The molecule has 1 heterocycles. The maximum atomic E-state index is 12.7. The van der Waals surface area contributed by atoms with Crippen molar-refractivity contribution >= 4 is 45.2 Å². The molecule has 0 aliphatic carbocycles. The Morgan fingerprint density at radius 1 is 0.926 bits per heavy atom. The van der Waals surface area contributed by atoms with Crippen molar-refractivity contribution in [3.63, 3.8) is 0 Å². The molecule has 0 saturated carbocycles. The summed E-state index contributed by atoms with van der Waals surface area (Å²) in [7, 11) is -3.59. The van der Waals surface area contributed by atoms with Crippen LogP contribution in [0.4, 0.5) is 0 Å². The number of hydrogen-bond acceptors (Lipinski definition) is 3. The Hall–Kier alpha value is -1.86. The summed E-state index contributed by atoms with van der Waals surface area (Å²) in [5, 5.41) is 1.05. The van der Waals surface area contributed by atoms with Crippen LogP contribution in [0.15, 0.2) is 59.5 Å². The third kappa shape index (κ3) is 4.71. The van der Waals surface area contributed by atoms with Crippen molar-refractivity contribution in [1.82, 2.24) is 9.21 Å². The van der Waals surface area contributed by atoms with E-state index < -0.39 is 10.0 Å². The van der Waals surface area contributed by atoms with Crippen molar-refractivity contribution in [2.24, 2.45) is 0 Å². The van der Waals surface area contributed by atoms with Crippen molar-refractivity contribution in [3.8, 4) is 0 Å². The number of piperazine rings is 1. The molecular weight excluding hydrogens is 407 g/mol.